The maximum absolute atomic E-state index is 12.9. The minimum absolute atomic E-state index is 0.00477. The quantitative estimate of drug-likeness (QED) is 0.742. The van der Waals surface area contributed by atoms with Crippen molar-refractivity contribution in [3.63, 3.8) is 0 Å². The van der Waals surface area contributed by atoms with Crippen LogP contribution in [0.3, 0.4) is 0 Å². The van der Waals surface area contributed by atoms with E-state index in [0.29, 0.717) is 18.7 Å². The van der Waals surface area contributed by atoms with Gasteiger partial charge >= 0.3 is 6.18 Å². The Hall–Kier alpha value is -2.95. The average Bonchev–Trinajstić information content (AvgIpc) is 3.34. The van der Waals surface area contributed by atoms with Crippen molar-refractivity contribution in [2.45, 2.75) is 18.6 Å². The van der Waals surface area contributed by atoms with E-state index in [4.69, 9.17) is 4.74 Å². The van der Waals surface area contributed by atoms with Crippen molar-refractivity contribution in [1.82, 2.24) is 25.2 Å². The summed E-state index contributed by atoms with van der Waals surface area (Å²) >= 11 is 0. The molecule has 0 radical (unpaired) electrons. The van der Waals surface area contributed by atoms with Crippen LogP contribution in [0.1, 0.15) is 28.5 Å². The van der Waals surface area contributed by atoms with E-state index >= 15 is 0 Å². The molecule has 136 valence electrons. The van der Waals surface area contributed by atoms with E-state index < -0.39 is 17.6 Å². The molecule has 0 saturated carbocycles. The van der Waals surface area contributed by atoms with Crippen molar-refractivity contribution in [2.24, 2.45) is 0 Å². The lowest BCUT2D eigenvalue weighted by molar-refractivity contribution is -0.137. The number of nitrogens with zero attached hydrogens (tertiary/aromatic N) is 4. The normalized spacial score (nSPS) is 17.7. The smallest absolute Gasteiger partial charge is 0.379 e. The Bertz CT molecular complexity index is 958. The Morgan fingerprint density at radius 1 is 1.38 bits per heavy atom. The van der Waals surface area contributed by atoms with Gasteiger partial charge in [-0.3, -0.25) is 9.89 Å². The summed E-state index contributed by atoms with van der Waals surface area (Å²) in [4.78, 5) is 12.3. The highest BCUT2D eigenvalue weighted by atomic mass is 19.4. The van der Waals surface area contributed by atoms with E-state index in [9.17, 15) is 18.0 Å². The van der Waals surface area contributed by atoms with Crippen molar-refractivity contribution in [3.8, 4) is 0 Å². The highest BCUT2D eigenvalue weighted by Gasteiger charge is 2.31. The van der Waals surface area contributed by atoms with Gasteiger partial charge in [0.15, 0.2) is 11.5 Å². The maximum Gasteiger partial charge on any atom is 0.416 e. The van der Waals surface area contributed by atoms with Crippen LogP contribution >= 0.6 is 0 Å². The van der Waals surface area contributed by atoms with E-state index in [1.807, 2.05) is 0 Å². The van der Waals surface area contributed by atoms with Gasteiger partial charge in [-0.1, -0.05) is 5.21 Å². The standard InChI is InChI=1S/C15H13F3N6O2/c16-15(17,18)8-1-2-11-10(5-8)13(22-20-11)19-14(25)12-6-24(23-21-12)9-3-4-26-7-9/h1-2,5-6,9H,3-4,7H2,(H2,19,20,22,25). The van der Waals surface area contributed by atoms with Gasteiger partial charge in [0.2, 0.25) is 0 Å². The van der Waals surface area contributed by atoms with E-state index in [0.717, 1.165) is 18.6 Å². The fourth-order valence-corrected chi connectivity index (χ4v) is 2.75. The third-order valence-electron chi connectivity index (χ3n) is 4.14. The summed E-state index contributed by atoms with van der Waals surface area (Å²) in [6.07, 6.45) is -2.24. The molecular formula is C15H13F3N6O2. The van der Waals surface area contributed by atoms with Crippen molar-refractivity contribution in [1.29, 1.82) is 0 Å². The number of ether oxygens (including phenoxy) is 1. The van der Waals surface area contributed by atoms with Gasteiger partial charge in [-0.05, 0) is 24.6 Å². The molecule has 2 N–H and O–H groups in total. The second-order valence-electron chi connectivity index (χ2n) is 5.89. The fourth-order valence-electron chi connectivity index (χ4n) is 2.75. The minimum Gasteiger partial charge on any atom is -0.379 e. The van der Waals surface area contributed by atoms with E-state index in [2.05, 4.69) is 25.8 Å². The number of benzene rings is 1. The number of anilines is 1. The molecule has 0 spiro atoms. The Labute approximate surface area is 144 Å². The molecule has 1 fully saturated rings. The van der Waals surface area contributed by atoms with Crippen LogP contribution in [0.4, 0.5) is 19.0 Å². The van der Waals surface area contributed by atoms with Gasteiger partial charge < -0.3 is 10.1 Å². The van der Waals surface area contributed by atoms with Crippen LogP contribution in [0, 0.1) is 0 Å². The predicted octanol–water partition coefficient (Wildman–Crippen LogP) is 2.39. The second-order valence-corrected chi connectivity index (χ2v) is 5.89. The molecule has 3 heterocycles. The summed E-state index contributed by atoms with van der Waals surface area (Å²) in [5.74, 6) is -0.615. The van der Waals surface area contributed by atoms with Gasteiger partial charge in [0.05, 0.1) is 29.9 Å². The van der Waals surface area contributed by atoms with Crippen LogP contribution in [0.15, 0.2) is 24.4 Å². The molecule has 1 aromatic carbocycles. The summed E-state index contributed by atoms with van der Waals surface area (Å²) in [7, 11) is 0. The number of carbonyl (C=O) groups excluding carboxylic acids is 1. The predicted molar refractivity (Wildman–Crippen MR) is 83.5 cm³/mol. The molecule has 0 bridgehead atoms. The second kappa shape index (κ2) is 6.09. The van der Waals surface area contributed by atoms with Crippen molar-refractivity contribution >= 4 is 22.6 Å². The number of aromatic amines is 1. The summed E-state index contributed by atoms with van der Waals surface area (Å²) in [6.45, 7) is 1.11. The van der Waals surface area contributed by atoms with Gasteiger partial charge in [-0.15, -0.1) is 5.10 Å². The number of fused-ring (bicyclic) bond motifs is 1. The first-order chi connectivity index (χ1) is 12.4. The number of H-pyrrole nitrogens is 1. The van der Waals surface area contributed by atoms with Gasteiger partial charge in [-0.2, -0.15) is 18.3 Å². The molecular weight excluding hydrogens is 353 g/mol. The van der Waals surface area contributed by atoms with Crippen molar-refractivity contribution in [2.75, 3.05) is 18.5 Å². The van der Waals surface area contributed by atoms with Crippen molar-refractivity contribution in [3.05, 3.63) is 35.7 Å². The first-order valence-corrected chi connectivity index (χ1v) is 7.78. The average molecular weight is 366 g/mol. The van der Waals surface area contributed by atoms with Gasteiger partial charge in [0.1, 0.15) is 0 Å². The monoisotopic (exact) mass is 366 g/mol. The molecule has 1 aliphatic rings. The zero-order valence-corrected chi connectivity index (χ0v) is 13.2. The molecule has 2 aromatic heterocycles. The summed E-state index contributed by atoms with van der Waals surface area (Å²) < 4.78 is 45.5. The highest BCUT2D eigenvalue weighted by Crippen LogP contribution is 2.32. The van der Waals surface area contributed by atoms with Crippen LogP contribution < -0.4 is 5.32 Å². The lowest BCUT2D eigenvalue weighted by atomic mass is 10.1. The Balaban J connectivity index is 1.57. The number of nitrogens with one attached hydrogen (secondary N) is 2. The van der Waals surface area contributed by atoms with Gasteiger partial charge in [0, 0.05) is 12.0 Å². The zero-order valence-electron chi connectivity index (χ0n) is 13.2. The lowest BCUT2D eigenvalue weighted by Crippen LogP contribution is -2.13. The number of aromatic nitrogens is 5. The first-order valence-electron chi connectivity index (χ1n) is 7.78. The highest BCUT2D eigenvalue weighted by molar-refractivity contribution is 6.06. The van der Waals surface area contributed by atoms with Crippen LogP contribution in [0.2, 0.25) is 0 Å². The molecule has 11 heteroatoms. The molecule has 1 saturated heterocycles. The SMILES string of the molecule is O=C(Nc1n[nH]c2ccc(C(F)(F)F)cc12)c1cn(C2CCOC2)nn1. The third kappa shape index (κ3) is 3.01. The molecule has 26 heavy (non-hydrogen) atoms. The van der Waals surface area contributed by atoms with Crippen LogP contribution in [0.25, 0.3) is 10.9 Å². The van der Waals surface area contributed by atoms with Gasteiger partial charge in [0.25, 0.3) is 5.91 Å². The number of hydrogen-bond donors (Lipinski definition) is 2. The number of alkyl halides is 3. The largest absolute Gasteiger partial charge is 0.416 e. The van der Waals surface area contributed by atoms with E-state index in [-0.39, 0.29) is 22.9 Å². The number of amides is 1. The number of halogens is 3. The molecule has 1 unspecified atom stereocenters. The summed E-state index contributed by atoms with van der Waals surface area (Å²) in [5, 5.41) is 16.8. The molecule has 8 nitrogen and oxygen atoms in total. The Kier molecular flexibility index (Phi) is 3.87. The van der Waals surface area contributed by atoms with Crippen LogP contribution in [-0.4, -0.2) is 44.3 Å². The summed E-state index contributed by atoms with van der Waals surface area (Å²) in [6, 6.07) is 3.16. The van der Waals surface area contributed by atoms with Crippen LogP contribution in [-0.2, 0) is 10.9 Å². The molecule has 3 aromatic rings. The van der Waals surface area contributed by atoms with Crippen molar-refractivity contribution < 1.29 is 22.7 Å². The molecule has 0 aliphatic carbocycles. The first kappa shape index (κ1) is 16.5. The number of hydrogen-bond acceptors (Lipinski definition) is 5. The van der Waals surface area contributed by atoms with E-state index in [1.165, 1.54) is 12.3 Å². The minimum atomic E-state index is -4.49. The molecule has 1 aliphatic heterocycles. The van der Waals surface area contributed by atoms with Crippen LogP contribution in [0.5, 0.6) is 0 Å². The number of carbonyl (C=O) groups is 1. The maximum atomic E-state index is 12.9. The Morgan fingerprint density at radius 2 is 2.23 bits per heavy atom. The summed E-state index contributed by atoms with van der Waals surface area (Å²) in [5.41, 5.74) is -0.408. The third-order valence-corrected chi connectivity index (χ3v) is 4.14. The molecule has 4 rings (SSSR count). The Morgan fingerprint density at radius 3 is 2.96 bits per heavy atom. The number of rotatable bonds is 3. The molecule has 1 atom stereocenters. The topological polar surface area (TPSA) is 97.7 Å². The molecule has 1 amide bonds. The zero-order chi connectivity index (χ0) is 18.3. The van der Waals surface area contributed by atoms with Gasteiger partial charge in [-0.25, -0.2) is 4.68 Å². The van der Waals surface area contributed by atoms with E-state index in [1.54, 1.807) is 4.68 Å². The fraction of sp³-hybridized carbons (Fsp3) is 0.333. The lowest BCUT2D eigenvalue weighted by Gasteiger charge is -2.06.